The molecule has 0 fully saturated rings. The highest BCUT2D eigenvalue weighted by Crippen LogP contribution is 2.20. The van der Waals surface area contributed by atoms with Gasteiger partial charge in [-0.05, 0) is 37.1 Å². The Bertz CT molecular complexity index is 410. The van der Waals surface area contributed by atoms with Gasteiger partial charge in [-0.3, -0.25) is 4.79 Å². The van der Waals surface area contributed by atoms with Gasteiger partial charge in [0.2, 0.25) is 5.91 Å². The van der Waals surface area contributed by atoms with Crippen LogP contribution in [-0.4, -0.2) is 25.5 Å². The van der Waals surface area contributed by atoms with E-state index in [1.54, 1.807) is 12.1 Å². The fraction of sp³-hybridized carbons (Fsp3) is 0.500. The predicted molar refractivity (Wildman–Crippen MR) is 81.0 cm³/mol. The first-order valence-electron chi connectivity index (χ1n) is 6.54. The Kier molecular flexibility index (Phi) is 7.87. The van der Waals surface area contributed by atoms with Gasteiger partial charge in [0.1, 0.15) is 0 Å². The standard InChI is InChI=1S/C14H20Cl2N2O/c1-2-3-7-17-10-14(19)18-8-6-11-4-5-12(15)9-13(11)16/h4-5,9,17H,2-3,6-8,10H2,1H3,(H,18,19). The Labute approximate surface area is 124 Å². The molecule has 19 heavy (non-hydrogen) atoms. The minimum Gasteiger partial charge on any atom is -0.355 e. The molecule has 1 aromatic rings. The van der Waals surface area contributed by atoms with Crippen molar-refractivity contribution in [1.82, 2.24) is 10.6 Å². The van der Waals surface area contributed by atoms with Gasteiger partial charge >= 0.3 is 0 Å². The molecule has 0 aliphatic rings. The number of halogens is 2. The van der Waals surface area contributed by atoms with Crippen molar-refractivity contribution in [3.05, 3.63) is 33.8 Å². The van der Waals surface area contributed by atoms with E-state index in [1.807, 2.05) is 6.07 Å². The molecule has 0 saturated heterocycles. The van der Waals surface area contributed by atoms with E-state index >= 15 is 0 Å². The van der Waals surface area contributed by atoms with Crippen LogP contribution in [0.2, 0.25) is 10.0 Å². The minimum absolute atomic E-state index is 0.0150. The Morgan fingerprint density at radius 2 is 2.05 bits per heavy atom. The number of hydrogen-bond donors (Lipinski definition) is 2. The zero-order valence-corrected chi connectivity index (χ0v) is 12.7. The van der Waals surface area contributed by atoms with E-state index in [0.717, 1.165) is 24.9 Å². The van der Waals surface area contributed by atoms with Crippen LogP contribution in [0.15, 0.2) is 18.2 Å². The van der Waals surface area contributed by atoms with Crippen LogP contribution in [0.4, 0.5) is 0 Å². The third-order valence-corrected chi connectivity index (χ3v) is 3.31. The maximum Gasteiger partial charge on any atom is 0.233 e. The number of rotatable bonds is 8. The van der Waals surface area contributed by atoms with Gasteiger partial charge in [-0.25, -0.2) is 0 Å². The second-order valence-electron chi connectivity index (χ2n) is 4.37. The lowest BCUT2D eigenvalue weighted by Crippen LogP contribution is -2.35. The summed E-state index contributed by atoms with van der Waals surface area (Å²) in [5, 5.41) is 7.22. The number of benzene rings is 1. The summed E-state index contributed by atoms with van der Waals surface area (Å²) in [5.41, 5.74) is 0.991. The van der Waals surface area contributed by atoms with Gasteiger partial charge in [-0.15, -0.1) is 0 Å². The molecule has 0 spiro atoms. The molecule has 0 saturated carbocycles. The number of carbonyl (C=O) groups is 1. The molecule has 3 nitrogen and oxygen atoms in total. The van der Waals surface area contributed by atoms with Crippen LogP contribution in [0.1, 0.15) is 25.3 Å². The van der Waals surface area contributed by atoms with Crippen molar-refractivity contribution in [2.75, 3.05) is 19.6 Å². The molecular formula is C14H20Cl2N2O. The van der Waals surface area contributed by atoms with Crippen LogP contribution in [0.5, 0.6) is 0 Å². The van der Waals surface area contributed by atoms with E-state index in [2.05, 4.69) is 17.6 Å². The third-order valence-electron chi connectivity index (χ3n) is 2.72. The van der Waals surface area contributed by atoms with E-state index in [0.29, 0.717) is 29.6 Å². The monoisotopic (exact) mass is 302 g/mol. The molecule has 0 radical (unpaired) electrons. The Morgan fingerprint density at radius 1 is 1.26 bits per heavy atom. The van der Waals surface area contributed by atoms with E-state index in [4.69, 9.17) is 23.2 Å². The van der Waals surface area contributed by atoms with Gasteiger partial charge in [-0.2, -0.15) is 0 Å². The van der Waals surface area contributed by atoms with Gasteiger partial charge in [-0.1, -0.05) is 42.6 Å². The molecule has 2 N–H and O–H groups in total. The number of carbonyl (C=O) groups excluding carboxylic acids is 1. The molecule has 1 rings (SSSR count). The van der Waals surface area contributed by atoms with Crippen LogP contribution in [0, 0.1) is 0 Å². The fourth-order valence-corrected chi connectivity index (χ4v) is 2.13. The summed E-state index contributed by atoms with van der Waals surface area (Å²) >= 11 is 11.9. The smallest absolute Gasteiger partial charge is 0.233 e. The zero-order valence-electron chi connectivity index (χ0n) is 11.1. The summed E-state index contributed by atoms with van der Waals surface area (Å²) in [4.78, 5) is 11.5. The lowest BCUT2D eigenvalue weighted by atomic mass is 10.1. The summed E-state index contributed by atoms with van der Waals surface area (Å²) < 4.78 is 0. The quantitative estimate of drug-likeness (QED) is 0.725. The molecular weight excluding hydrogens is 283 g/mol. The molecule has 5 heteroatoms. The molecule has 0 unspecified atom stereocenters. The molecule has 106 valence electrons. The second-order valence-corrected chi connectivity index (χ2v) is 5.21. The maximum atomic E-state index is 11.5. The highest BCUT2D eigenvalue weighted by Gasteiger charge is 2.03. The largest absolute Gasteiger partial charge is 0.355 e. The maximum absolute atomic E-state index is 11.5. The average Bonchev–Trinajstić information content (AvgIpc) is 2.37. The summed E-state index contributed by atoms with van der Waals surface area (Å²) in [6.07, 6.45) is 2.92. The van der Waals surface area contributed by atoms with Gasteiger partial charge in [0.05, 0.1) is 6.54 Å². The Hall–Kier alpha value is -0.770. The topological polar surface area (TPSA) is 41.1 Å². The molecule has 1 aromatic carbocycles. The minimum atomic E-state index is 0.0150. The lowest BCUT2D eigenvalue weighted by molar-refractivity contribution is -0.120. The van der Waals surface area contributed by atoms with Crippen LogP contribution in [-0.2, 0) is 11.2 Å². The Morgan fingerprint density at radius 3 is 2.74 bits per heavy atom. The second kappa shape index (κ2) is 9.18. The SMILES string of the molecule is CCCCNCC(=O)NCCc1ccc(Cl)cc1Cl. The normalized spacial score (nSPS) is 10.5. The predicted octanol–water partition coefficient (Wildman–Crippen LogP) is 3.04. The van der Waals surface area contributed by atoms with Crippen LogP contribution in [0.25, 0.3) is 0 Å². The van der Waals surface area contributed by atoms with Gasteiger partial charge in [0, 0.05) is 16.6 Å². The molecule has 0 heterocycles. The summed E-state index contributed by atoms with van der Waals surface area (Å²) in [7, 11) is 0. The van der Waals surface area contributed by atoms with Crippen molar-refractivity contribution < 1.29 is 4.79 Å². The Balaban J connectivity index is 2.20. The van der Waals surface area contributed by atoms with Crippen molar-refractivity contribution in [2.24, 2.45) is 0 Å². The summed E-state index contributed by atoms with van der Waals surface area (Å²) in [6, 6.07) is 5.40. The first kappa shape index (κ1) is 16.3. The van der Waals surface area contributed by atoms with Crippen LogP contribution >= 0.6 is 23.2 Å². The molecule has 0 atom stereocenters. The average molecular weight is 303 g/mol. The van der Waals surface area contributed by atoms with E-state index < -0.39 is 0 Å². The van der Waals surface area contributed by atoms with Crippen molar-refractivity contribution in [3.63, 3.8) is 0 Å². The van der Waals surface area contributed by atoms with Crippen LogP contribution in [0.3, 0.4) is 0 Å². The van der Waals surface area contributed by atoms with E-state index in [9.17, 15) is 4.79 Å². The van der Waals surface area contributed by atoms with Crippen molar-refractivity contribution >= 4 is 29.1 Å². The van der Waals surface area contributed by atoms with Gasteiger partial charge < -0.3 is 10.6 Å². The summed E-state index contributed by atoms with van der Waals surface area (Å²) in [5.74, 6) is 0.0150. The van der Waals surface area contributed by atoms with Gasteiger partial charge in [0.25, 0.3) is 0 Å². The van der Waals surface area contributed by atoms with E-state index in [1.165, 1.54) is 0 Å². The first-order valence-corrected chi connectivity index (χ1v) is 7.30. The number of nitrogens with one attached hydrogen (secondary N) is 2. The molecule has 0 aliphatic heterocycles. The molecule has 0 aliphatic carbocycles. The van der Waals surface area contributed by atoms with Crippen LogP contribution < -0.4 is 10.6 Å². The van der Waals surface area contributed by atoms with E-state index in [-0.39, 0.29) is 5.91 Å². The highest BCUT2D eigenvalue weighted by molar-refractivity contribution is 6.35. The highest BCUT2D eigenvalue weighted by atomic mass is 35.5. The molecule has 0 bridgehead atoms. The number of hydrogen-bond acceptors (Lipinski definition) is 2. The van der Waals surface area contributed by atoms with Crippen molar-refractivity contribution in [3.8, 4) is 0 Å². The van der Waals surface area contributed by atoms with Gasteiger partial charge in [0.15, 0.2) is 0 Å². The zero-order chi connectivity index (χ0) is 14.1. The van der Waals surface area contributed by atoms with Crippen molar-refractivity contribution in [2.45, 2.75) is 26.2 Å². The van der Waals surface area contributed by atoms with Crippen molar-refractivity contribution in [1.29, 1.82) is 0 Å². The fourth-order valence-electron chi connectivity index (χ4n) is 1.63. The molecule has 1 amide bonds. The number of amides is 1. The summed E-state index contributed by atoms with van der Waals surface area (Å²) in [6.45, 7) is 3.95. The number of unbranched alkanes of at least 4 members (excludes halogenated alkanes) is 1. The first-order chi connectivity index (χ1) is 9.13. The third kappa shape index (κ3) is 6.81. The molecule has 0 aromatic heterocycles. The lowest BCUT2D eigenvalue weighted by Gasteiger charge is -2.08.